The summed E-state index contributed by atoms with van der Waals surface area (Å²) in [6, 6.07) is 2.03. The van der Waals surface area contributed by atoms with E-state index in [0.29, 0.717) is 5.69 Å². The van der Waals surface area contributed by atoms with Crippen molar-refractivity contribution in [1.82, 2.24) is 9.78 Å². The van der Waals surface area contributed by atoms with E-state index in [1.165, 1.54) is 0 Å². The summed E-state index contributed by atoms with van der Waals surface area (Å²) in [7, 11) is 0. The van der Waals surface area contributed by atoms with E-state index in [9.17, 15) is 9.90 Å². The number of hydrogen-bond acceptors (Lipinski definition) is 3. The Hall–Kier alpha value is -1.16. The Morgan fingerprint density at radius 2 is 2.27 bits per heavy atom. The Labute approximate surface area is 88.9 Å². The van der Waals surface area contributed by atoms with Crippen LogP contribution in [0.5, 0.6) is 0 Å². The van der Waals surface area contributed by atoms with E-state index in [1.54, 1.807) is 10.7 Å². The minimum Gasteiger partial charge on any atom is -0.393 e. The van der Waals surface area contributed by atoms with Gasteiger partial charge in [-0.15, -0.1) is 0 Å². The van der Waals surface area contributed by atoms with Crippen molar-refractivity contribution in [3.63, 3.8) is 0 Å². The van der Waals surface area contributed by atoms with E-state index in [4.69, 9.17) is 0 Å². The van der Waals surface area contributed by atoms with E-state index in [-0.39, 0.29) is 23.8 Å². The first-order valence-electron chi connectivity index (χ1n) is 5.35. The lowest BCUT2D eigenvalue weighted by atomic mass is 9.90. The first kappa shape index (κ1) is 10.4. The maximum Gasteiger partial charge on any atom is 0.185 e. The Balaban J connectivity index is 2.07. The molecule has 0 radical (unpaired) electrons. The van der Waals surface area contributed by atoms with Crippen LogP contribution in [0.3, 0.4) is 0 Å². The molecule has 1 aliphatic carbocycles. The second-order valence-electron chi connectivity index (χ2n) is 4.48. The summed E-state index contributed by atoms with van der Waals surface area (Å²) in [5.41, 5.74) is 0.534. The van der Waals surface area contributed by atoms with Gasteiger partial charge in [0.1, 0.15) is 5.69 Å². The number of rotatable bonds is 3. The minimum absolute atomic E-state index is 0.0136. The zero-order valence-corrected chi connectivity index (χ0v) is 9.05. The van der Waals surface area contributed by atoms with Crippen LogP contribution >= 0.6 is 0 Å². The van der Waals surface area contributed by atoms with Crippen LogP contribution in [0, 0.1) is 5.92 Å². The van der Waals surface area contributed by atoms with Crippen LogP contribution in [-0.2, 0) is 0 Å². The fourth-order valence-corrected chi connectivity index (χ4v) is 1.74. The molecule has 1 heterocycles. The third kappa shape index (κ3) is 1.95. The molecule has 0 spiro atoms. The van der Waals surface area contributed by atoms with Crippen LogP contribution in [0.4, 0.5) is 0 Å². The lowest BCUT2D eigenvalue weighted by molar-refractivity contribution is 0.0432. The highest BCUT2D eigenvalue weighted by atomic mass is 16.3. The summed E-state index contributed by atoms with van der Waals surface area (Å²) in [5, 5.41) is 13.4. The standard InChI is InChI=1S/C11H16N2O2/c1-7(2)11(15)10-3-4-13(12-10)8-5-9(14)6-8/h3-4,7-9,14H,5-6H2,1-2H3. The molecule has 1 saturated carbocycles. The lowest BCUT2D eigenvalue weighted by Gasteiger charge is -2.31. The molecular formula is C11H16N2O2. The predicted molar refractivity (Wildman–Crippen MR) is 55.7 cm³/mol. The molecule has 2 rings (SSSR count). The topological polar surface area (TPSA) is 55.1 Å². The van der Waals surface area contributed by atoms with Crippen LogP contribution in [0.2, 0.25) is 0 Å². The second kappa shape index (κ2) is 3.77. The molecule has 1 N–H and O–H groups in total. The highest BCUT2D eigenvalue weighted by Crippen LogP contribution is 2.31. The number of aromatic nitrogens is 2. The maximum absolute atomic E-state index is 11.6. The molecule has 4 nitrogen and oxygen atoms in total. The average Bonchev–Trinajstić information content (AvgIpc) is 2.60. The molecule has 1 aliphatic rings. The number of aliphatic hydroxyl groups excluding tert-OH is 1. The van der Waals surface area contributed by atoms with Crippen LogP contribution in [0.25, 0.3) is 0 Å². The summed E-state index contributed by atoms with van der Waals surface area (Å²) in [4.78, 5) is 11.6. The van der Waals surface area contributed by atoms with Gasteiger partial charge in [-0.3, -0.25) is 9.48 Å². The highest BCUT2D eigenvalue weighted by molar-refractivity contribution is 5.95. The van der Waals surface area contributed by atoms with Gasteiger partial charge in [0.05, 0.1) is 12.1 Å². The monoisotopic (exact) mass is 208 g/mol. The van der Waals surface area contributed by atoms with E-state index in [0.717, 1.165) is 12.8 Å². The molecule has 0 saturated heterocycles. The molecule has 0 atom stereocenters. The number of carbonyl (C=O) groups excluding carboxylic acids is 1. The van der Waals surface area contributed by atoms with Crippen molar-refractivity contribution in [1.29, 1.82) is 0 Å². The van der Waals surface area contributed by atoms with Gasteiger partial charge in [-0.05, 0) is 18.9 Å². The van der Waals surface area contributed by atoms with Crippen molar-refractivity contribution in [2.75, 3.05) is 0 Å². The van der Waals surface area contributed by atoms with E-state index < -0.39 is 0 Å². The van der Waals surface area contributed by atoms with Crippen molar-refractivity contribution in [3.8, 4) is 0 Å². The van der Waals surface area contributed by atoms with Gasteiger partial charge < -0.3 is 5.11 Å². The summed E-state index contributed by atoms with van der Waals surface area (Å²) in [5.74, 6) is 0.0638. The smallest absolute Gasteiger partial charge is 0.185 e. The molecule has 0 unspecified atom stereocenters. The normalized spacial score (nSPS) is 25.3. The molecular weight excluding hydrogens is 192 g/mol. The van der Waals surface area contributed by atoms with Crippen molar-refractivity contribution < 1.29 is 9.90 Å². The van der Waals surface area contributed by atoms with Crippen molar-refractivity contribution >= 4 is 5.78 Å². The van der Waals surface area contributed by atoms with Crippen molar-refractivity contribution in [3.05, 3.63) is 18.0 Å². The summed E-state index contributed by atoms with van der Waals surface area (Å²) in [6.07, 6.45) is 3.13. The molecule has 4 heteroatoms. The van der Waals surface area contributed by atoms with Gasteiger partial charge in [0.2, 0.25) is 0 Å². The first-order chi connectivity index (χ1) is 7.08. The van der Waals surface area contributed by atoms with Gasteiger partial charge in [-0.2, -0.15) is 5.10 Å². The number of aliphatic hydroxyl groups is 1. The van der Waals surface area contributed by atoms with Crippen LogP contribution < -0.4 is 0 Å². The number of carbonyl (C=O) groups is 1. The summed E-state index contributed by atoms with van der Waals surface area (Å²) in [6.45, 7) is 3.74. The van der Waals surface area contributed by atoms with Gasteiger partial charge in [0.25, 0.3) is 0 Å². The molecule has 1 fully saturated rings. The molecule has 0 bridgehead atoms. The Morgan fingerprint density at radius 3 is 2.80 bits per heavy atom. The molecule has 0 aliphatic heterocycles. The molecule has 0 aromatic carbocycles. The Bertz CT molecular complexity index is 364. The fourth-order valence-electron chi connectivity index (χ4n) is 1.74. The molecule has 1 aromatic heterocycles. The van der Waals surface area contributed by atoms with E-state index >= 15 is 0 Å². The first-order valence-corrected chi connectivity index (χ1v) is 5.35. The third-order valence-electron chi connectivity index (χ3n) is 2.85. The summed E-state index contributed by atoms with van der Waals surface area (Å²) < 4.78 is 1.79. The van der Waals surface area contributed by atoms with Gasteiger partial charge in [0, 0.05) is 12.1 Å². The summed E-state index contributed by atoms with van der Waals surface area (Å²) >= 11 is 0. The zero-order valence-electron chi connectivity index (χ0n) is 9.05. The number of nitrogens with zero attached hydrogens (tertiary/aromatic N) is 2. The minimum atomic E-state index is -0.191. The van der Waals surface area contributed by atoms with Gasteiger partial charge in [0.15, 0.2) is 5.78 Å². The van der Waals surface area contributed by atoms with Gasteiger partial charge in [-0.1, -0.05) is 13.8 Å². The van der Waals surface area contributed by atoms with E-state index in [1.807, 2.05) is 20.0 Å². The lowest BCUT2D eigenvalue weighted by Crippen LogP contribution is -2.31. The highest BCUT2D eigenvalue weighted by Gasteiger charge is 2.29. The van der Waals surface area contributed by atoms with Crippen molar-refractivity contribution in [2.45, 2.75) is 38.8 Å². The number of hydrogen-bond donors (Lipinski definition) is 1. The zero-order chi connectivity index (χ0) is 11.0. The van der Waals surface area contributed by atoms with E-state index in [2.05, 4.69) is 5.10 Å². The molecule has 1 aromatic rings. The largest absolute Gasteiger partial charge is 0.393 e. The number of ketones is 1. The molecule has 15 heavy (non-hydrogen) atoms. The number of Topliss-reactive ketones (excluding diaryl/α,β-unsaturated/α-hetero) is 1. The molecule has 0 amide bonds. The SMILES string of the molecule is CC(C)C(=O)c1ccn(C2CC(O)C2)n1. The predicted octanol–water partition coefficient (Wildman–Crippen LogP) is 1.42. The fraction of sp³-hybridized carbons (Fsp3) is 0.636. The molecule has 82 valence electrons. The van der Waals surface area contributed by atoms with Gasteiger partial charge >= 0.3 is 0 Å². The quantitative estimate of drug-likeness (QED) is 0.764. The van der Waals surface area contributed by atoms with Crippen molar-refractivity contribution in [2.24, 2.45) is 5.92 Å². The third-order valence-corrected chi connectivity index (χ3v) is 2.85. The van der Waals surface area contributed by atoms with Crippen LogP contribution in [-0.4, -0.2) is 26.8 Å². The van der Waals surface area contributed by atoms with Crippen LogP contribution in [0.15, 0.2) is 12.3 Å². The Morgan fingerprint density at radius 1 is 1.60 bits per heavy atom. The second-order valence-corrected chi connectivity index (χ2v) is 4.48. The van der Waals surface area contributed by atoms with Crippen LogP contribution in [0.1, 0.15) is 43.2 Å². The Kier molecular flexibility index (Phi) is 2.61. The van der Waals surface area contributed by atoms with Gasteiger partial charge in [-0.25, -0.2) is 0 Å². The maximum atomic E-state index is 11.6. The average molecular weight is 208 g/mol.